The van der Waals surface area contributed by atoms with Crippen LogP contribution in [0.3, 0.4) is 0 Å². The number of aryl methyl sites for hydroxylation is 1. The van der Waals surface area contributed by atoms with E-state index in [0.29, 0.717) is 0 Å². The summed E-state index contributed by atoms with van der Waals surface area (Å²) < 4.78 is 0. The highest BCUT2D eigenvalue weighted by Gasteiger charge is 2.01. The molecule has 0 radical (unpaired) electrons. The van der Waals surface area contributed by atoms with Crippen LogP contribution < -0.4 is 0 Å². The summed E-state index contributed by atoms with van der Waals surface area (Å²) in [5.74, 6) is -0.790. The Morgan fingerprint density at radius 2 is 1.87 bits per heavy atom. The third-order valence-corrected chi connectivity index (χ3v) is 2.42. The lowest BCUT2D eigenvalue weighted by Crippen LogP contribution is -1.99. The lowest BCUT2D eigenvalue weighted by Gasteiger charge is -2.02. The molecule has 0 saturated heterocycles. The molecule has 2 nitrogen and oxygen atoms in total. The van der Waals surface area contributed by atoms with Gasteiger partial charge in [0, 0.05) is 0 Å². The molecule has 15 heavy (non-hydrogen) atoms. The zero-order valence-electron chi connectivity index (χ0n) is 8.53. The number of hydrogen-bond donors (Lipinski definition) is 1. The molecule has 2 aromatic rings. The minimum absolute atomic E-state index is 0.0872. The van der Waals surface area contributed by atoms with Gasteiger partial charge in [0.25, 0.3) is 0 Å². The Bertz CT molecular complexity index is 515. The maximum absolute atomic E-state index is 10.6. The van der Waals surface area contributed by atoms with Crippen LogP contribution in [0.25, 0.3) is 10.8 Å². The van der Waals surface area contributed by atoms with Crippen LogP contribution in [-0.2, 0) is 11.2 Å². The third kappa shape index (κ3) is 2.15. The fraction of sp³-hybridized carbons (Fsp3) is 0.154. The Hall–Kier alpha value is -1.83. The van der Waals surface area contributed by atoms with Crippen LogP contribution in [0.15, 0.2) is 36.4 Å². The van der Waals surface area contributed by atoms with Crippen LogP contribution in [0.4, 0.5) is 0 Å². The number of carboxylic acid groups (broad SMARTS) is 1. The van der Waals surface area contributed by atoms with Gasteiger partial charge in [0.15, 0.2) is 0 Å². The monoisotopic (exact) mass is 200 g/mol. The van der Waals surface area contributed by atoms with E-state index in [9.17, 15) is 4.79 Å². The number of hydrogen-bond acceptors (Lipinski definition) is 1. The van der Waals surface area contributed by atoms with Crippen molar-refractivity contribution in [2.45, 2.75) is 13.3 Å². The molecule has 0 aromatic heterocycles. The van der Waals surface area contributed by atoms with E-state index in [0.717, 1.165) is 16.3 Å². The van der Waals surface area contributed by atoms with Crippen LogP contribution in [-0.4, -0.2) is 11.1 Å². The minimum atomic E-state index is -0.790. The Morgan fingerprint density at radius 1 is 1.13 bits per heavy atom. The van der Waals surface area contributed by atoms with Crippen LogP contribution >= 0.6 is 0 Å². The van der Waals surface area contributed by atoms with Gasteiger partial charge < -0.3 is 5.11 Å². The number of fused-ring (bicyclic) bond motifs is 1. The summed E-state index contributed by atoms with van der Waals surface area (Å²) in [4.78, 5) is 10.6. The number of benzene rings is 2. The predicted molar refractivity (Wildman–Crippen MR) is 60.0 cm³/mol. The molecule has 1 N–H and O–H groups in total. The van der Waals surface area contributed by atoms with E-state index in [1.807, 2.05) is 25.1 Å². The Kier molecular flexibility index (Phi) is 2.42. The van der Waals surface area contributed by atoms with E-state index in [1.165, 1.54) is 5.56 Å². The lowest BCUT2D eigenvalue weighted by atomic mass is 10.0. The molecule has 2 heteroatoms. The van der Waals surface area contributed by atoms with E-state index in [4.69, 9.17) is 5.11 Å². The van der Waals surface area contributed by atoms with E-state index < -0.39 is 5.97 Å². The number of rotatable bonds is 2. The third-order valence-electron chi connectivity index (χ3n) is 2.42. The first-order valence-corrected chi connectivity index (χ1v) is 4.86. The molecule has 2 aromatic carbocycles. The van der Waals surface area contributed by atoms with Crippen molar-refractivity contribution in [3.05, 3.63) is 47.5 Å². The molecular weight excluding hydrogens is 188 g/mol. The molecule has 0 spiro atoms. The SMILES string of the molecule is Cc1ccc2ccc(CC(=O)O)cc2c1. The second-order valence-electron chi connectivity index (χ2n) is 3.76. The van der Waals surface area contributed by atoms with Gasteiger partial charge in [-0.3, -0.25) is 4.79 Å². The molecule has 0 fully saturated rings. The van der Waals surface area contributed by atoms with Gasteiger partial charge in [0.05, 0.1) is 6.42 Å². The zero-order valence-corrected chi connectivity index (χ0v) is 8.53. The summed E-state index contributed by atoms with van der Waals surface area (Å²) in [6.45, 7) is 2.03. The van der Waals surface area contributed by atoms with Gasteiger partial charge in [-0.05, 0) is 23.3 Å². The minimum Gasteiger partial charge on any atom is -0.481 e. The summed E-state index contributed by atoms with van der Waals surface area (Å²) in [5.41, 5.74) is 2.04. The highest BCUT2D eigenvalue weighted by atomic mass is 16.4. The average Bonchev–Trinajstić information content (AvgIpc) is 2.16. The van der Waals surface area contributed by atoms with Crippen molar-refractivity contribution in [3.8, 4) is 0 Å². The highest BCUT2D eigenvalue weighted by molar-refractivity contribution is 5.84. The molecule has 0 atom stereocenters. The van der Waals surface area contributed by atoms with Crippen molar-refractivity contribution in [2.24, 2.45) is 0 Å². The standard InChI is InChI=1S/C13H12O2/c1-9-2-4-11-5-3-10(8-13(14)15)7-12(11)6-9/h2-7H,8H2,1H3,(H,14,15). The number of carbonyl (C=O) groups is 1. The van der Waals surface area contributed by atoms with Crippen molar-refractivity contribution in [2.75, 3.05) is 0 Å². The Morgan fingerprint density at radius 3 is 2.60 bits per heavy atom. The molecule has 0 saturated carbocycles. The van der Waals surface area contributed by atoms with Crippen LogP contribution in [0.2, 0.25) is 0 Å². The van der Waals surface area contributed by atoms with Crippen molar-refractivity contribution in [1.29, 1.82) is 0 Å². The van der Waals surface area contributed by atoms with E-state index in [-0.39, 0.29) is 6.42 Å². The summed E-state index contributed by atoms with van der Waals surface area (Å²) in [6, 6.07) is 11.9. The molecule has 76 valence electrons. The van der Waals surface area contributed by atoms with Crippen molar-refractivity contribution < 1.29 is 9.90 Å². The predicted octanol–water partition coefficient (Wildman–Crippen LogP) is 2.78. The maximum atomic E-state index is 10.6. The normalized spacial score (nSPS) is 10.5. The van der Waals surface area contributed by atoms with Gasteiger partial charge in [0.1, 0.15) is 0 Å². The van der Waals surface area contributed by atoms with Crippen molar-refractivity contribution in [3.63, 3.8) is 0 Å². The molecule has 0 aliphatic heterocycles. The largest absolute Gasteiger partial charge is 0.481 e. The van der Waals surface area contributed by atoms with Crippen LogP contribution in [0.1, 0.15) is 11.1 Å². The van der Waals surface area contributed by atoms with Crippen LogP contribution in [0.5, 0.6) is 0 Å². The fourth-order valence-electron chi connectivity index (χ4n) is 1.70. The number of carboxylic acids is 1. The van der Waals surface area contributed by atoms with E-state index >= 15 is 0 Å². The number of aliphatic carboxylic acids is 1. The van der Waals surface area contributed by atoms with Crippen molar-refractivity contribution >= 4 is 16.7 Å². The smallest absolute Gasteiger partial charge is 0.307 e. The van der Waals surface area contributed by atoms with Gasteiger partial charge in [-0.1, -0.05) is 42.0 Å². The topological polar surface area (TPSA) is 37.3 Å². The Labute approximate surface area is 88.2 Å². The molecular formula is C13H12O2. The highest BCUT2D eigenvalue weighted by Crippen LogP contribution is 2.17. The Balaban J connectivity index is 2.49. The van der Waals surface area contributed by atoms with Gasteiger partial charge in [-0.25, -0.2) is 0 Å². The quantitative estimate of drug-likeness (QED) is 0.809. The molecule has 0 heterocycles. The average molecular weight is 200 g/mol. The molecule has 0 aliphatic rings. The molecule has 2 rings (SSSR count). The first-order chi connectivity index (χ1) is 7.15. The summed E-state index contributed by atoms with van der Waals surface area (Å²) >= 11 is 0. The lowest BCUT2D eigenvalue weighted by molar-refractivity contribution is -0.136. The molecule has 0 unspecified atom stereocenters. The molecule has 0 aliphatic carbocycles. The maximum Gasteiger partial charge on any atom is 0.307 e. The van der Waals surface area contributed by atoms with Crippen LogP contribution in [0, 0.1) is 6.92 Å². The summed E-state index contributed by atoms with van der Waals surface area (Å²) in [7, 11) is 0. The van der Waals surface area contributed by atoms with Gasteiger partial charge in [0.2, 0.25) is 0 Å². The first-order valence-electron chi connectivity index (χ1n) is 4.86. The summed E-state index contributed by atoms with van der Waals surface area (Å²) in [5, 5.41) is 10.9. The zero-order chi connectivity index (χ0) is 10.8. The molecule has 0 amide bonds. The summed E-state index contributed by atoms with van der Waals surface area (Å²) in [6.07, 6.45) is 0.0872. The van der Waals surface area contributed by atoms with E-state index in [1.54, 1.807) is 0 Å². The second-order valence-corrected chi connectivity index (χ2v) is 3.76. The fourth-order valence-corrected chi connectivity index (χ4v) is 1.70. The van der Waals surface area contributed by atoms with Crippen molar-refractivity contribution in [1.82, 2.24) is 0 Å². The van der Waals surface area contributed by atoms with Gasteiger partial charge in [-0.15, -0.1) is 0 Å². The first kappa shape index (κ1) is 9.71. The van der Waals surface area contributed by atoms with Gasteiger partial charge >= 0.3 is 5.97 Å². The van der Waals surface area contributed by atoms with E-state index in [2.05, 4.69) is 18.2 Å². The molecule has 0 bridgehead atoms. The second kappa shape index (κ2) is 3.73. The van der Waals surface area contributed by atoms with Gasteiger partial charge in [-0.2, -0.15) is 0 Å².